The molecule has 0 aliphatic carbocycles. The van der Waals surface area contributed by atoms with Crippen molar-refractivity contribution in [3.05, 3.63) is 46.8 Å². The lowest BCUT2D eigenvalue weighted by atomic mass is 10.1. The van der Waals surface area contributed by atoms with Gasteiger partial charge in [-0.1, -0.05) is 24.3 Å². The van der Waals surface area contributed by atoms with Crippen LogP contribution in [0, 0.1) is 0 Å². The Kier molecular flexibility index (Phi) is 4.93. The van der Waals surface area contributed by atoms with E-state index in [1.165, 1.54) is 21.6 Å². The number of hydrogen-bond donors (Lipinski definition) is 1. The van der Waals surface area contributed by atoms with Gasteiger partial charge in [0.25, 0.3) is 0 Å². The molecule has 0 spiro atoms. The van der Waals surface area contributed by atoms with Gasteiger partial charge in [0.2, 0.25) is 0 Å². The fourth-order valence-corrected chi connectivity index (χ4v) is 2.80. The Morgan fingerprint density at radius 3 is 2.61 bits per heavy atom. The van der Waals surface area contributed by atoms with E-state index in [2.05, 4.69) is 41.0 Å². The molecule has 0 fully saturated rings. The van der Waals surface area contributed by atoms with Crippen molar-refractivity contribution in [3.8, 4) is 10.4 Å². The average molecular weight is 261 g/mol. The van der Waals surface area contributed by atoms with Gasteiger partial charge in [-0.25, -0.2) is 0 Å². The predicted octanol–water partition coefficient (Wildman–Crippen LogP) is 3.32. The Hall–Kier alpha value is -1.16. The second-order valence-corrected chi connectivity index (χ2v) is 5.20. The molecule has 1 aromatic carbocycles. The molecule has 0 aliphatic rings. The largest absolute Gasteiger partial charge is 0.384 e. The predicted molar refractivity (Wildman–Crippen MR) is 78.1 cm³/mol. The minimum absolute atomic E-state index is 0.782. The van der Waals surface area contributed by atoms with Gasteiger partial charge in [0.05, 0.1) is 6.61 Å². The van der Waals surface area contributed by atoms with Crippen molar-refractivity contribution in [3.63, 3.8) is 0 Å². The highest BCUT2D eigenvalue weighted by molar-refractivity contribution is 7.13. The van der Waals surface area contributed by atoms with Crippen LogP contribution in [-0.2, 0) is 17.7 Å². The summed E-state index contributed by atoms with van der Waals surface area (Å²) >= 11 is 1.80. The number of nitrogens with one attached hydrogen (secondary N) is 1. The van der Waals surface area contributed by atoms with Gasteiger partial charge in [0.15, 0.2) is 0 Å². The molecule has 18 heavy (non-hydrogen) atoms. The SMILES string of the molecule is CNCc1csc(-c2ccc(CCOC)cc2)c1. The Balaban J connectivity index is 2.07. The molecule has 96 valence electrons. The number of rotatable bonds is 6. The molecule has 2 rings (SSSR count). The second kappa shape index (κ2) is 6.69. The minimum Gasteiger partial charge on any atom is -0.384 e. The minimum atomic E-state index is 0.782. The van der Waals surface area contributed by atoms with Gasteiger partial charge in [-0.05, 0) is 41.6 Å². The van der Waals surface area contributed by atoms with Crippen molar-refractivity contribution in [1.29, 1.82) is 0 Å². The van der Waals surface area contributed by atoms with Gasteiger partial charge >= 0.3 is 0 Å². The van der Waals surface area contributed by atoms with Crippen LogP contribution in [0.3, 0.4) is 0 Å². The molecule has 0 amide bonds. The number of ether oxygens (including phenoxy) is 1. The lowest BCUT2D eigenvalue weighted by Gasteiger charge is -2.02. The van der Waals surface area contributed by atoms with Gasteiger partial charge in [-0.2, -0.15) is 0 Å². The first kappa shape index (κ1) is 13.3. The Morgan fingerprint density at radius 2 is 1.94 bits per heavy atom. The third-order valence-electron chi connectivity index (χ3n) is 2.87. The maximum atomic E-state index is 5.09. The zero-order valence-corrected chi connectivity index (χ0v) is 11.7. The standard InChI is InChI=1S/C15H19NOS/c1-16-10-13-9-15(18-11-13)14-5-3-12(4-6-14)7-8-17-2/h3-6,9,11,16H,7-8,10H2,1-2H3. The van der Waals surface area contributed by atoms with Gasteiger partial charge in [-0.3, -0.25) is 0 Å². The van der Waals surface area contributed by atoms with Crippen molar-refractivity contribution in [2.75, 3.05) is 20.8 Å². The van der Waals surface area contributed by atoms with Crippen LogP contribution >= 0.6 is 11.3 Å². The fourth-order valence-electron chi connectivity index (χ4n) is 1.88. The van der Waals surface area contributed by atoms with Gasteiger partial charge in [0.1, 0.15) is 0 Å². The summed E-state index contributed by atoms with van der Waals surface area (Å²) in [7, 11) is 3.71. The third-order valence-corrected chi connectivity index (χ3v) is 3.90. The summed E-state index contributed by atoms with van der Waals surface area (Å²) in [5.74, 6) is 0. The van der Waals surface area contributed by atoms with E-state index in [4.69, 9.17) is 4.74 Å². The number of methoxy groups -OCH3 is 1. The topological polar surface area (TPSA) is 21.3 Å². The van der Waals surface area contributed by atoms with E-state index < -0.39 is 0 Å². The zero-order valence-electron chi connectivity index (χ0n) is 10.9. The molecule has 0 atom stereocenters. The highest BCUT2D eigenvalue weighted by Gasteiger charge is 2.02. The summed E-state index contributed by atoms with van der Waals surface area (Å²) < 4.78 is 5.09. The lowest BCUT2D eigenvalue weighted by Crippen LogP contribution is -2.03. The highest BCUT2D eigenvalue weighted by atomic mass is 32.1. The summed E-state index contributed by atoms with van der Waals surface area (Å²) in [6.07, 6.45) is 0.978. The van der Waals surface area contributed by atoms with Crippen molar-refractivity contribution in [2.45, 2.75) is 13.0 Å². The molecule has 0 saturated heterocycles. The number of hydrogen-bond acceptors (Lipinski definition) is 3. The first-order valence-electron chi connectivity index (χ1n) is 6.13. The molecule has 0 radical (unpaired) electrons. The molecule has 3 heteroatoms. The summed E-state index contributed by atoms with van der Waals surface area (Å²) in [6, 6.07) is 11.0. The van der Waals surface area contributed by atoms with Crippen LogP contribution in [0.1, 0.15) is 11.1 Å². The summed E-state index contributed by atoms with van der Waals surface area (Å²) in [5, 5.41) is 5.39. The van der Waals surface area contributed by atoms with Crippen LogP contribution in [0.2, 0.25) is 0 Å². The molecule has 0 unspecified atom stereocenters. The molecule has 1 heterocycles. The molecule has 1 N–H and O–H groups in total. The molecule has 2 nitrogen and oxygen atoms in total. The van der Waals surface area contributed by atoms with Crippen molar-refractivity contribution in [2.24, 2.45) is 0 Å². The first-order chi connectivity index (χ1) is 8.83. The maximum absolute atomic E-state index is 5.09. The fraction of sp³-hybridized carbons (Fsp3) is 0.333. The maximum Gasteiger partial charge on any atom is 0.0502 e. The molecule has 0 aliphatic heterocycles. The van der Waals surface area contributed by atoms with E-state index in [1.807, 2.05) is 7.05 Å². The monoisotopic (exact) mass is 261 g/mol. The van der Waals surface area contributed by atoms with E-state index in [9.17, 15) is 0 Å². The smallest absolute Gasteiger partial charge is 0.0502 e. The van der Waals surface area contributed by atoms with Crippen LogP contribution in [0.15, 0.2) is 35.7 Å². The van der Waals surface area contributed by atoms with E-state index in [0.29, 0.717) is 0 Å². The summed E-state index contributed by atoms with van der Waals surface area (Å²) in [4.78, 5) is 1.33. The van der Waals surface area contributed by atoms with Crippen LogP contribution in [0.25, 0.3) is 10.4 Å². The van der Waals surface area contributed by atoms with Gasteiger partial charge < -0.3 is 10.1 Å². The normalized spacial score (nSPS) is 10.8. The third kappa shape index (κ3) is 3.42. The van der Waals surface area contributed by atoms with Gasteiger partial charge in [-0.15, -0.1) is 11.3 Å². The number of thiophene rings is 1. The Morgan fingerprint density at radius 1 is 1.17 bits per heavy atom. The summed E-state index contributed by atoms with van der Waals surface area (Å²) in [6.45, 7) is 1.72. The first-order valence-corrected chi connectivity index (χ1v) is 7.01. The molecule has 0 bridgehead atoms. The molecule has 0 saturated carbocycles. The van der Waals surface area contributed by atoms with Crippen LogP contribution in [-0.4, -0.2) is 20.8 Å². The van der Waals surface area contributed by atoms with Crippen molar-refractivity contribution < 1.29 is 4.74 Å². The van der Waals surface area contributed by atoms with E-state index in [0.717, 1.165) is 19.6 Å². The summed E-state index contributed by atoms with van der Waals surface area (Å²) in [5.41, 5.74) is 3.97. The van der Waals surface area contributed by atoms with Crippen LogP contribution in [0.4, 0.5) is 0 Å². The molecule has 1 aromatic heterocycles. The van der Waals surface area contributed by atoms with Crippen LogP contribution in [0.5, 0.6) is 0 Å². The molecular weight excluding hydrogens is 242 g/mol. The Labute approximate surface area is 113 Å². The van der Waals surface area contributed by atoms with E-state index in [-0.39, 0.29) is 0 Å². The highest BCUT2D eigenvalue weighted by Crippen LogP contribution is 2.27. The van der Waals surface area contributed by atoms with E-state index >= 15 is 0 Å². The molecule has 2 aromatic rings. The second-order valence-electron chi connectivity index (χ2n) is 4.29. The number of benzene rings is 1. The van der Waals surface area contributed by atoms with Gasteiger partial charge in [0, 0.05) is 18.5 Å². The van der Waals surface area contributed by atoms with Crippen molar-refractivity contribution in [1.82, 2.24) is 5.32 Å². The average Bonchev–Trinajstić information content (AvgIpc) is 2.86. The quantitative estimate of drug-likeness (QED) is 0.861. The van der Waals surface area contributed by atoms with E-state index in [1.54, 1.807) is 18.4 Å². The molecular formula is C15H19NOS. The van der Waals surface area contributed by atoms with Crippen LogP contribution < -0.4 is 5.32 Å². The Bertz CT molecular complexity index is 475. The van der Waals surface area contributed by atoms with Crippen molar-refractivity contribution >= 4 is 11.3 Å². The zero-order chi connectivity index (χ0) is 12.8. The lowest BCUT2D eigenvalue weighted by molar-refractivity contribution is 0.202.